The summed E-state index contributed by atoms with van der Waals surface area (Å²) < 4.78 is 92.5. The smallest absolute Gasteiger partial charge is 0.416 e. The van der Waals surface area contributed by atoms with Gasteiger partial charge in [-0.1, -0.05) is 6.07 Å². The summed E-state index contributed by atoms with van der Waals surface area (Å²) >= 11 is 0. The van der Waals surface area contributed by atoms with Crippen molar-refractivity contribution in [3.05, 3.63) is 34.9 Å². The van der Waals surface area contributed by atoms with E-state index in [2.05, 4.69) is 0 Å². The summed E-state index contributed by atoms with van der Waals surface area (Å²) in [4.78, 5) is 13.9. The lowest BCUT2D eigenvalue weighted by molar-refractivity contribution is -0.164. The standard InChI is InChI=1S/C20H23F6NO4/c1-17(2,3)31-16(28)27-11-7-18(29,8-12(27)10-30-9-11)15-13(19(21,22)23)5-4-6-14(15)20(24,25)26/h4-6,11-12,29H,7-10H2,1-3H3. The summed E-state index contributed by atoms with van der Waals surface area (Å²) in [6, 6.07) is -0.188. The Labute approximate surface area is 174 Å². The van der Waals surface area contributed by atoms with Crippen LogP contribution >= 0.6 is 0 Å². The van der Waals surface area contributed by atoms with Gasteiger partial charge < -0.3 is 14.6 Å². The number of hydrogen-bond acceptors (Lipinski definition) is 4. The zero-order valence-corrected chi connectivity index (χ0v) is 17.1. The van der Waals surface area contributed by atoms with Crippen LogP contribution < -0.4 is 0 Å². The second-order valence-electron chi connectivity index (χ2n) is 8.90. The fourth-order valence-electron chi connectivity index (χ4n) is 4.32. The van der Waals surface area contributed by atoms with Gasteiger partial charge in [0.2, 0.25) is 0 Å². The molecule has 174 valence electrons. The van der Waals surface area contributed by atoms with Crippen molar-refractivity contribution in [3.8, 4) is 0 Å². The first-order valence-corrected chi connectivity index (χ1v) is 9.62. The molecule has 2 bridgehead atoms. The minimum absolute atomic E-state index is 0.145. The number of morpholine rings is 1. The highest BCUT2D eigenvalue weighted by atomic mass is 19.4. The van der Waals surface area contributed by atoms with Gasteiger partial charge in [0.1, 0.15) is 5.60 Å². The zero-order chi connectivity index (χ0) is 23.4. The predicted octanol–water partition coefficient (Wildman–Crippen LogP) is 4.71. The first-order chi connectivity index (χ1) is 14.0. The number of benzene rings is 1. The van der Waals surface area contributed by atoms with E-state index in [-0.39, 0.29) is 13.2 Å². The summed E-state index contributed by atoms with van der Waals surface area (Å²) in [7, 11) is 0. The lowest BCUT2D eigenvalue weighted by atomic mass is 9.73. The monoisotopic (exact) mass is 455 g/mol. The molecular formula is C20H23F6NO4. The van der Waals surface area contributed by atoms with E-state index in [9.17, 15) is 36.2 Å². The Bertz CT molecular complexity index is 799. The van der Waals surface area contributed by atoms with Crippen LogP contribution in [0.4, 0.5) is 31.1 Å². The number of amides is 1. The molecule has 0 saturated carbocycles. The van der Waals surface area contributed by atoms with Gasteiger partial charge in [-0.15, -0.1) is 0 Å². The molecule has 2 unspecified atom stereocenters. The summed E-state index contributed by atoms with van der Waals surface area (Å²) in [6.45, 7) is 4.60. The van der Waals surface area contributed by atoms with E-state index in [1.165, 1.54) is 4.90 Å². The highest BCUT2D eigenvalue weighted by Gasteiger charge is 2.54. The Kier molecular flexibility index (Phi) is 5.75. The van der Waals surface area contributed by atoms with Crippen molar-refractivity contribution in [2.24, 2.45) is 0 Å². The number of hydrogen-bond donors (Lipinski definition) is 1. The molecular weight excluding hydrogens is 432 g/mol. The Balaban J connectivity index is 2.07. The first-order valence-electron chi connectivity index (χ1n) is 9.62. The van der Waals surface area contributed by atoms with Gasteiger partial charge in [0, 0.05) is 18.4 Å². The summed E-state index contributed by atoms with van der Waals surface area (Å²) in [5, 5.41) is 11.2. The van der Waals surface area contributed by atoms with Crippen LogP contribution in [-0.4, -0.2) is 47.0 Å². The van der Waals surface area contributed by atoms with Crippen LogP contribution in [0.5, 0.6) is 0 Å². The van der Waals surface area contributed by atoms with Crippen LogP contribution in [0.15, 0.2) is 18.2 Å². The molecule has 2 saturated heterocycles. The molecule has 2 atom stereocenters. The van der Waals surface area contributed by atoms with Gasteiger partial charge in [-0.3, -0.25) is 4.90 Å². The molecule has 0 radical (unpaired) electrons. The molecule has 2 fully saturated rings. The molecule has 0 aromatic heterocycles. The van der Waals surface area contributed by atoms with Crippen LogP contribution in [0, 0.1) is 0 Å². The minimum Gasteiger partial charge on any atom is -0.444 e. The number of nitrogens with zero attached hydrogens (tertiary/aromatic N) is 1. The van der Waals surface area contributed by atoms with E-state index < -0.39 is 71.3 Å². The second kappa shape index (κ2) is 7.54. The van der Waals surface area contributed by atoms with Crippen molar-refractivity contribution in [2.75, 3.05) is 13.2 Å². The van der Waals surface area contributed by atoms with Gasteiger partial charge in [-0.05, 0) is 32.9 Å². The molecule has 1 N–H and O–H groups in total. The quantitative estimate of drug-likeness (QED) is 0.624. The number of carbonyl (C=O) groups excluding carboxylic acids is 1. The average molecular weight is 455 g/mol. The fourth-order valence-corrected chi connectivity index (χ4v) is 4.32. The van der Waals surface area contributed by atoms with Crippen LogP contribution in [0.25, 0.3) is 0 Å². The zero-order valence-electron chi connectivity index (χ0n) is 17.1. The third kappa shape index (κ3) is 4.77. The molecule has 1 aromatic rings. The molecule has 11 heteroatoms. The molecule has 0 aliphatic carbocycles. The number of rotatable bonds is 1. The van der Waals surface area contributed by atoms with Crippen molar-refractivity contribution in [1.82, 2.24) is 4.90 Å². The Hall–Kier alpha value is -2.01. The first kappa shape index (κ1) is 23.6. The van der Waals surface area contributed by atoms with Gasteiger partial charge in [-0.2, -0.15) is 26.3 Å². The molecule has 3 rings (SSSR count). The minimum atomic E-state index is -5.11. The number of piperidine rings is 1. The largest absolute Gasteiger partial charge is 0.444 e. The van der Waals surface area contributed by atoms with Crippen LogP contribution in [0.3, 0.4) is 0 Å². The Morgan fingerprint density at radius 1 is 1.03 bits per heavy atom. The molecule has 1 amide bonds. The number of aliphatic hydroxyl groups is 1. The normalized spacial score (nSPS) is 27.2. The van der Waals surface area contributed by atoms with Crippen molar-refractivity contribution in [1.29, 1.82) is 0 Å². The number of ether oxygens (including phenoxy) is 2. The van der Waals surface area contributed by atoms with Gasteiger partial charge in [-0.25, -0.2) is 4.79 Å². The number of carbonyl (C=O) groups is 1. The van der Waals surface area contributed by atoms with E-state index in [0.717, 1.165) is 0 Å². The fraction of sp³-hybridized carbons (Fsp3) is 0.650. The van der Waals surface area contributed by atoms with E-state index in [1.54, 1.807) is 20.8 Å². The lowest BCUT2D eigenvalue weighted by Gasteiger charge is -2.52. The van der Waals surface area contributed by atoms with E-state index in [4.69, 9.17) is 9.47 Å². The second-order valence-corrected chi connectivity index (χ2v) is 8.90. The maximum Gasteiger partial charge on any atom is 0.416 e. The lowest BCUT2D eigenvalue weighted by Crippen LogP contribution is -2.63. The summed E-state index contributed by atoms with van der Waals surface area (Å²) in [5.74, 6) is 0. The molecule has 2 aliphatic rings. The molecule has 0 spiro atoms. The van der Waals surface area contributed by atoms with Gasteiger partial charge >= 0.3 is 18.4 Å². The topological polar surface area (TPSA) is 59.0 Å². The van der Waals surface area contributed by atoms with Crippen molar-refractivity contribution < 1.29 is 45.7 Å². The maximum absolute atomic E-state index is 13.6. The predicted molar refractivity (Wildman–Crippen MR) is 96.0 cm³/mol. The molecule has 2 heterocycles. The Morgan fingerprint density at radius 3 is 1.87 bits per heavy atom. The maximum atomic E-state index is 13.6. The third-order valence-corrected chi connectivity index (χ3v) is 5.30. The Morgan fingerprint density at radius 2 is 1.48 bits per heavy atom. The number of halogens is 6. The van der Waals surface area contributed by atoms with E-state index in [0.29, 0.717) is 18.2 Å². The highest BCUT2D eigenvalue weighted by molar-refractivity contribution is 5.69. The van der Waals surface area contributed by atoms with Crippen LogP contribution in [-0.2, 0) is 27.4 Å². The van der Waals surface area contributed by atoms with Crippen molar-refractivity contribution in [3.63, 3.8) is 0 Å². The van der Waals surface area contributed by atoms with Crippen molar-refractivity contribution in [2.45, 2.75) is 69.3 Å². The van der Waals surface area contributed by atoms with E-state index in [1.807, 2.05) is 0 Å². The van der Waals surface area contributed by atoms with Gasteiger partial charge in [0.25, 0.3) is 0 Å². The molecule has 2 aliphatic heterocycles. The number of alkyl halides is 6. The molecule has 5 nitrogen and oxygen atoms in total. The molecule has 31 heavy (non-hydrogen) atoms. The summed E-state index contributed by atoms with van der Waals surface area (Å²) in [5.41, 5.74) is -7.62. The van der Waals surface area contributed by atoms with E-state index >= 15 is 0 Å². The van der Waals surface area contributed by atoms with Crippen molar-refractivity contribution >= 4 is 6.09 Å². The van der Waals surface area contributed by atoms with Gasteiger partial charge in [0.05, 0.1) is 42.0 Å². The number of fused-ring (bicyclic) bond motifs is 2. The average Bonchev–Trinajstić information content (AvgIpc) is 2.57. The SMILES string of the molecule is CC(C)(C)OC(=O)N1C2COCC1CC(O)(c1c(C(F)(F)F)cccc1C(F)(F)F)C2. The third-order valence-electron chi connectivity index (χ3n) is 5.30. The highest BCUT2D eigenvalue weighted by Crippen LogP contribution is 2.50. The molecule has 1 aromatic carbocycles. The van der Waals surface area contributed by atoms with Crippen LogP contribution in [0.1, 0.15) is 50.3 Å². The summed E-state index contributed by atoms with van der Waals surface area (Å²) in [6.07, 6.45) is -12.1. The van der Waals surface area contributed by atoms with Crippen LogP contribution in [0.2, 0.25) is 0 Å². The van der Waals surface area contributed by atoms with Gasteiger partial charge in [0.15, 0.2) is 0 Å².